The number of halogens is 2. The Morgan fingerprint density at radius 1 is 1.33 bits per heavy atom. The molecule has 0 heterocycles. The molecule has 0 aliphatic heterocycles. The Bertz CT molecular complexity index is 415. The molecule has 1 rings (SSSR count). The maximum atomic E-state index is 13.4. The summed E-state index contributed by atoms with van der Waals surface area (Å²) in [6.07, 6.45) is -3.73. The van der Waals surface area contributed by atoms with Crippen LogP contribution in [-0.4, -0.2) is 16.3 Å². The average Bonchev–Trinajstić information content (AvgIpc) is 2.22. The summed E-state index contributed by atoms with van der Waals surface area (Å²) in [4.78, 5) is 0. The zero-order valence-corrected chi connectivity index (χ0v) is 7.91. The summed E-state index contributed by atoms with van der Waals surface area (Å²) in [7, 11) is 0. The third kappa shape index (κ3) is 2.12. The van der Waals surface area contributed by atoms with E-state index < -0.39 is 29.4 Å². The first-order valence-electron chi connectivity index (χ1n) is 4.19. The Kier molecular flexibility index (Phi) is 3.35. The minimum atomic E-state index is -1.88. The van der Waals surface area contributed by atoms with Crippen molar-refractivity contribution in [2.45, 2.75) is 19.1 Å². The Morgan fingerprint density at radius 2 is 1.93 bits per heavy atom. The molecule has 1 aromatic rings. The Hall–Kier alpha value is -1.51. The maximum absolute atomic E-state index is 13.4. The molecule has 0 amide bonds. The fourth-order valence-electron chi connectivity index (χ4n) is 1.18. The molecule has 2 N–H and O–H groups in total. The van der Waals surface area contributed by atoms with Gasteiger partial charge in [-0.2, -0.15) is 5.26 Å². The average molecular weight is 213 g/mol. The molecule has 5 heteroatoms. The molecule has 0 fully saturated rings. The Balaban J connectivity index is 3.25. The van der Waals surface area contributed by atoms with Crippen LogP contribution < -0.4 is 0 Å². The van der Waals surface area contributed by atoms with Crippen molar-refractivity contribution in [1.82, 2.24) is 0 Å². The van der Waals surface area contributed by atoms with Crippen LogP contribution in [0, 0.1) is 29.9 Å². The normalized spacial score (nSPS) is 14.4. The Labute approximate surface area is 85.2 Å². The van der Waals surface area contributed by atoms with E-state index in [0.29, 0.717) is 0 Å². The summed E-state index contributed by atoms with van der Waals surface area (Å²) in [5.41, 5.74) is -0.542. The fourth-order valence-corrected chi connectivity index (χ4v) is 1.18. The van der Waals surface area contributed by atoms with Crippen molar-refractivity contribution in [3.8, 4) is 6.07 Å². The molecule has 0 aromatic heterocycles. The maximum Gasteiger partial charge on any atom is 0.170 e. The Morgan fingerprint density at radius 3 is 2.47 bits per heavy atom. The molecule has 0 aliphatic carbocycles. The summed E-state index contributed by atoms with van der Waals surface area (Å²) in [6, 6.07) is 3.49. The van der Waals surface area contributed by atoms with Crippen molar-refractivity contribution in [3.63, 3.8) is 0 Å². The van der Waals surface area contributed by atoms with Crippen molar-refractivity contribution in [3.05, 3.63) is 34.9 Å². The number of aliphatic hydroxyl groups is 2. The van der Waals surface area contributed by atoms with Crippen molar-refractivity contribution >= 4 is 0 Å². The molecular formula is C10H9F2NO2. The molecule has 1 aromatic carbocycles. The van der Waals surface area contributed by atoms with Crippen LogP contribution in [0.15, 0.2) is 12.1 Å². The van der Waals surface area contributed by atoms with Gasteiger partial charge in [0.2, 0.25) is 0 Å². The first-order chi connectivity index (χ1) is 6.99. The predicted octanol–water partition coefficient (Wildman–Crippen LogP) is 1.19. The standard InChI is InChI=1S/C10H9F2NO2/c1-5-2-3-6(11)8(9(5)12)10(15)7(14)4-13/h2-3,7,10,14-15H,1H3. The van der Waals surface area contributed by atoms with Gasteiger partial charge in [0.05, 0.1) is 11.6 Å². The molecule has 2 atom stereocenters. The molecule has 0 bridgehead atoms. The van der Waals surface area contributed by atoms with Gasteiger partial charge in [-0.25, -0.2) is 8.78 Å². The minimum Gasteiger partial charge on any atom is -0.384 e. The second-order valence-corrected chi connectivity index (χ2v) is 3.11. The monoisotopic (exact) mass is 213 g/mol. The lowest BCUT2D eigenvalue weighted by Crippen LogP contribution is -2.19. The van der Waals surface area contributed by atoms with Crippen LogP contribution in [0.1, 0.15) is 17.2 Å². The number of aryl methyl sites for hydroxylation is 1. The fraction of sp³-hybridized carbons (Fsp3) is 0.300. The van der Waals surface area contributed by atoms with Crippen LogP contribution in [0.4, 0.5) is 8.78 Å². The molecule has 80 valence electrons. The van der Waals surface area contributed by atoms with Gasteiger partial charge in [-0.1, -0.05) is 6.07 Å². The molecule has 15 heavy (non-hydrogen) atoms. The van der Waals surface area contributed by atoms with Crippen LogP contribution in [0.5, 0.6) is 0 Å². The van der Waals surface area contributed by atoms with E-state index in [2.05, 4.69) is 0 Å². The van der Waals surface area contributed by atoms with Gasteiger partial charge < -0.3 is 10.2 Å². The SMILES string of the molecule is Cc1ccc(F)c(C(O)C(O)C#N)c1F. The molecule has 0 saturated carbocycles. The van der Waals surface area contributed by atoms with Gasteiger partial charge in [-0.05, 0) is 18.6 Å². The van der Waals surface area contributed by atoms with Crippen molar-refractivity contribution in [1.29, 1.82) is 5.26 Å². The predicted molar refractivity (Wildman–Crippen MR) is 47.7 cm³/mol. The third-order valence-corrected chi connectivity index (χ3v) is 2.05. The molecule has 2 unspecified atom stereocenters. The van der Waals surface area contributed by atoms with Crippen LogP contribution in [0.2, 0.25) is 0 Å². The number of hydrogen-bond acceptors (Lipinski definition) is 3. The highest BCUT2D eigenvalue weighted by molar-refractivity contribution is 5.29. The van der Waals surface area contributed by atoms with E-state index in [1.807, 2.05) is 0 Å². The molecule has 0 radical (unpaired) electrons. The topological polar surface area (TPSA) is 64.2 Å². The highest BCUT2D eigenvalue weighted by Crippen LogP contribution is 2.25. The summed E-state index contributed by atoms with van der Waals surface area (Å²) >= 11 is 0. The van der Waals surface area contributed by atoms with Gasteiger partial charge in [0.1, 0.15) is 17.7 Å². The largest absolute Gasteiger partial charge is 0.384 e. The van der Waals surface area contributed by atoms with Crippen LogP contribution in [0.3, 0.4) is 0 Å². The van der Waals surface area contributed by atoms with E-state index in [0.717, 1.165) is 6.07 Å². The number of nitriles is 1. The molecule has 0 saturated heterocycles. The number of rotatable bonds is 2. The second-order valence-electron chi connectivity index (χ2n) is 3.11. The van der Waals surface area contributed by atoms with Crippen LogP contribution in [0.25, 0.3) is 0 Å². The number of hydrogen-bond donors (Lipinski definition) is 2. The van der Waals surface area contributed by atoms with Crippen LogP contribution >= 0.6 is 0 Å². The van der Waals surface area contributed by atoms with Gasteiger partial charge in [0.25, 0.3) is 0 Å². The van der Waals surface area contributed by atoms with Crippen molar-refractivity contribution in [2.75, 3.05) is 0 Å². The van der Waals surface area contributed by atoms with E-state index in [-0.39, 0.29) is 5.56 Å². The highest BCUT2D eigenvalue weighted by Gasteiger charge is 2.25. The molecule has 3 nitrogen and oxygen atoms in total. The highest BCUT2D eigenvalue weighted by atomic mass is 19.1. The summed E-state index contributed by atoms with van der Waals surface area (Å²) in [5.74, 6) is -1.93. The quantitative estimate of drug-likeness (QED) is 0.725. The number of nitrogens with zero attached hydrogens (tertiary/aromatic N) is 1. The van der Waals surface area contributed by atoms with Gasteiger partial charge >= 0.3 is 0 Å². The number of benzene rings is 1. The summed E-state index contributed by atoms with van der Waals surface area (Å²) in [5, 5.41) is 26.6. The zero-order valence-electron chi connectivity index (χ0n) is 7.91. The molecule has 0 spiro atoms. The summed E-state index contributed by atoms with van der Waals surface area (Å²) < 4.78 is 26.5. The van der Waals surface area contributed by atoms with Crippen molar-refractivity contribution < 1.29 is 19.0 Å². The summed E-state index contributed by atoms with van der Waals surface area (Å²) in [6.45, 7) is 1.39. The van der Waals surface area contributed by atoms with Gasteiger partial charge in [0.15, 0.2) is 6.10 Å². The van der Waals surface area contributed by atoms with Crippen molar-refractivity contribution in [2.24, 2.45) is 0 Å². The lowest BCUT2D eigenvalue weighted by atomic mass is 10.0. The van der Waals surface area contributed by atoms with E-state index in [1.54, 1.807) is 0 Å². The lowest BCUT2D eigenvalue weighted by Gasteiger charge is -2.14. The van der Waals surface area contributed by atoms with Gasteiger partial charge in [0, 0.05) is 0 Å². The second kappa shape index (κ2) is 4.34. The van der Waals surface area contributed by atoms with Gasteiger partial charge in [-0.15, -0.1) is 0 Å². The third-order valence-electron chi connectivity index (χ3n) is 2.05. The smallest absolute Gasteiger partial charge is 0.170 e. The molecule has 0 aliphatic rings. The van der Waals surface area contributed by atoms with E-state index in [9.17, 15) is 13.9 Å². The zero-order chi connectivity index (χ0) is 11.6. The van der Waals surface area contributed by atoms with E-state index in [1.165, 1.54) is 19.1 Å². The first kappa shape index (κ1) is 11.6. The van der Waals surface area contributed by atoms with E-state index >= 15 is 0 Å². The first-order valence-corrected chi connectivity index (χ1v) is 4.19. The minimum absolute atomic E-state index is 0.135. The van der Waals surface area contributed by atoms with Crippen LogP contribution in [-0.2, 0) is 0 Å². The number of aliphatic hydroxyl groups excluding tert-OH is 2. The molecular weight excluding hydrogens is 204 g/mol. The van der Waals surface area contributed by atoms with E-state index in [4.69, 9.17) is 10.4 Å². The van der Waals surface area contributed by atoms with Gasteiger partial charge in [-0.3, -0.25) is 0 Å². The lowest BCUT2D eigenvalue weighted by molar-refractivity contribution is 0.0476.